The molecule has 0 spiro atoms. The lowest BCUT2D eigenvalue weighted by Crippen LogP contribution is -2.47. The molecule has 0 bridgehead atoms. The lowest BCUT2D eigenvalue weighted by atomic mass is 9.96. The molecule has 1 aliphatic rings. The Kier molecular flexibility index (Phi) is 9.08. The van der Waals surface area contributed by atoms with E-state index in [0.29, 0.717) is 23.2 Å². The van der Waals surface area contributed by atoms with Gasteiger partial charge in [-0.15, -0.1) is 11.3 Å². The van der Waals surface area contributed by atoms with E-state index in [-0.39, 0.29) is 30.3 Å². The van der Waals surface area contributed by atoms with Crippen LogP contribution in [-0.4, -0.2) is 61.6 Å². The number of ether oxygens (including phenoxy) is 2. The predicted octanol–water partition coefficient (Wildman–Crippen LogP) is 3.78. The van der Waals surface area contributed by atoms with Gasteiger partial charge in [-0.25, -0.2) is 4.98 Å². The first kappa shape index (κ1) is 25.0. The van der Waals surface area contributed by atoms with Crippen molar-refractivity contribution in [2.24, 2.45) is 5.92 Å². The third kappa shape index (κ3) is 6.91. The van der Waals surface area contributed by atoms with Crippen molar-refractivity contribution in [3.05, 3.63) is 23.6 Å². The summed E-state index contributed by atoms with van der Waals surface area (Å²) in [5.41, 5.74) is 1.56. The Morgan fingerprint density at radius 3 is 2.85 bits per heavy atom. The van der Waals surface area contributed by atoms with Crippen LogP contribution < -0.4 is 20.1 Å². The summed E-state index contributed by atoms with van der Waals surface area (Å²) >= 11 is 1.37. The van der Waals surface area contributed by atoms with E-state index in [0.717, 1.165) is 43.5 Å². The lowest BCUT2D eigenvalue weighted by molar-refractivity contribution is -0.128. The molecule has 1 aromatic carbocycles. The average molecular weight is 475 g/mol. The van der Waals surface area contributed by atoms with Crippen molar-refractivity contribution in [2.45, 2.75) is 45.6 Å². The van der Waals surface area contributed by atoms with Crippen molar-refractivity contribution < 1.29 is 19.1 Å². The number of nitrogens with one attached hydrogen (secondary N) is 2. The third-order valence-electron chi connectivity index (χ3n) is 5.79. The number of carbonyl (C=O) groups is 2. The van der Waals surface area contributed by atoms with Crippen LogP contribution in [-0.2, 0) is 9.59 Å². The van der Waals surface area contributed by atoms with Crippen molar-refractivity contribution in [2.75, 3.05) is 39.2 Å². The first-order chi connectivity index (χ1) is 15.9. The summed E-state index contributed by atoms with van der Waals surface area (Å²) in [6.07, 6.45) is 3.79. The Morgan fingerprint density at radius 1 is 1.30 bits per heavy atom. The summed E-state index contributed by atoms with van der Waals surface area (Å²) in [6.45, 7) is 5.81. The highest BCUT2D eigenvalue weighted by Gasteiger charge is 2.27. The van der Waals surface area contributed by atoms with Crippen LogP contribution >= 0.6 is 11.3 Å². The fourth-order valence-electron chi connectivity index (χ4n) is 4.11. The van der Waals surface area contributed by atoms with Gasteiger partial charge < -0.3 is 20.1 Å². The van der Waals surface area contributed by atoms with Gasteiger partial charge in [0.2, 0.25) is 11.8 Å². The highest BCUT2D eigenvalue weighted by molar-refractivity contribution is 7.14. The first-order valence-electron chi connectivity index (χ1n) is 11.4. The van der Waals surface area contributed by atoms with Crippen LogP contribution in [0.15, 0.2) is 23.6 Å². The van der Waals surface area contributed by atoms with Crippen molar-refractivity contribution in [1.29, 1.82) is 0 Å². The minimum Gasteiger partial charge on any atom is -0.497 e. The smallest absolute Gasteiger partial charge is 0.240 e. The molecule has 2 unspecified atom stereocenters. The molecule has 180 valence electrons. The summed E-state index contributed by atoms with van der Waals surface area (Å²) in [5.74, 6) is 1.26. The number of nitrogens with zero attached hydrogens (tertiary/aromatic N) is 2. The number of aromatic nitrogens is 1. The second-order valence-corrected chi connectivity index (χ2v) is 9.28. The largest absolute Gasteiger partial charge is 0.497 e. The fraction of sp³-hybridized carbons (Fsp3) is 0.542. The van der Waals surface area contributed by atoms with Crippen molar-refractivity contribution >= 4 is 28.3 Å². The predicted molar refractivity (Wildman–Crippen MR) is 131 cm³/mol. The van der Waals surface area contributed by atoms with Crippen molar-refractivity contribution in [3.8, 4) is 22.8 Å². The van der Waals surface area contributed by atoms with Crippen LogP contribution in [0.1, 0.15) is 39.5 Å². The van der Waals surface area contributed by atoms with Gasteiger partial charge in [0.05, 0.1) is 32.4 Å². The van der Waals surface area contributed by atoms with Gasteiger partial charge in [0.1, 0.15) is 11.5 Å². The summed E-state index contributed by atoms with van der Waals surface area (Å²) < 4.78 is 10.7. The second-order valence-electron chi connectivity index (χ2n) is 8.42. The molecule has 8 nitrogen and oxygen atoms in total. The molecule has 2 heterocycles. The van der Waals surface area contributed by atoms with Gasteiger partial charge in [-0.3, -0.25) is 14.5 Å². The monoisotopic (exact) mass is 474 g/mol. The standard InChI is InChI=1S/C24H34N4O4S/c1-5-7-16(2)25-23(30)17-8-6-11-28(13-17)14-22(29)27-24-26-20(15-33-24)19-10-9-18(31-3)12-21(19)32-4/h9-10,12,15-17H,5-8,11,13-14H2,1-4H3,(H,25,30)(H,26,27,29). The van der Waals surface area contributed by atoms with Gasteiger partial charge in [-0.2, -0.15) is 0 Å². The Bertz CT molecular complexity index is 948. The van der Waals surface area contributed by atoms with Gasteiger partial charge in [-0.05, 0) is 44.9 Å². The number of anilines is 1. The molecule has 1 saturated heterocycles. The topological polar surface area (TPSA) is 92.8 Å². The second kappa shape index (κ2) is 12.0. The average Bonchev–Trinajstić information content (AvgIpc) is 3.26. The van der Waals surface area contributed by atoms with Gasteiger partial charge in [0, 0.05) is 29.6 Å². The van der Waals surface area contributed by atoms with Crippen LogP contribution in [0.5, 0.6) is 11.5 Å². The molecule has 0 aliphatic carbocycles. The minimum absolute atomic E-state index is 0.0696. The van der Waals surface area contributed by atoms with E-state index in [2.05, 4.69) is 27.4 Å². The highest BCUT2D eigenvalue weighted by atomic mass is 32.1. The maximum atomic E-state index is 12.6. The van der Waals surface area contributed by atoms with Gasteiger partial charge in [-0.1, -0.05) is 13.3 Å². The molecule has 1 aromatic heterocycles. The van der Waals surface area contributed by atoms with Crippen molar-refractivity contribution in [3.63, 3.8) is 0 Å². The Balaban J connectivity index is 1.55. The number of hydrogen-bond donors (Lipinski definition) is 2. The molecule has 33 heavy (non-hydrogen) atoms. The van der Waals surface area contributed by atoms with E-state index >= 15 is 0 Å². The molecule has 2 N–H and O–H groups in total. The number of hydrogen-bond acceptors (Lipinski definition) is 7. The van der Waals surface area contributed by atoms with E-state index < -0.39 is 0 Å². The summed E-state index contributed by atoms with van der Waals surface area (Å²) in [5, 5.41) is 8.42. The first-order valence-corrected chi connectivity index (χ1v) is 12.3. The highest BCUT2D eigenvalue weighted by Crippen LogP contribution is 2.34. The number of benzene rings is 1. The number of amides is 2. The molecule has 1 fully saturated rings. The van der Waals surface area contributed by atoms with E-state index in [9.17, 15) is 9.59 Å². The quantitative estimate of drug-likeness (QED) is 0.544. The normalized spacial score (nSPS) is 17.3. The number of rotatable bonds is 10. The molecule has 2 aromatic rings. The SMILES string of the molecule is CCCC(C)NC(=O)C1CCCN(CC(=O)Nc2nc(-c3ccc(OC)cc3OC)cs2)C1. The molecule has 2 atom stereocenters. The lowest BCUT2D eigenvalue weighted by Gasteiger charge is -2.32. The Labute approximate surface area is 199 Å². The number of thiazole rings is 1. The fourth-order valence-corrected chi connectivity index (χ4v) is 4.83. The maximum absolute atomic E-state index is 12.6. The zero-order chi connectivity index (χ0) is 23.8. The summed E-state index contributed by atoms with van der Waals surface area (Å²) in [6, 6.07) is 5.73. The molecule has 0 saturated carbocycles. The van der Waals surface area contributed by atoms with Gasteiger partial charge in [0.15, 0.2) is 5.13 Å². The van der Waals surface area contributed by atoms with Gasteiger partial charge in [0.25, 0.3) is 0 Å². The van der Waals surface area contributed by atoms with Crippen LogP contribution in [0, 0.1) is 5.92 Å². The number of methoxy groups -OCH3 is 2. The molecular weight excluding hydrogens is 440 g/mol. The zero-order valence-electron chi connectivity index (χ0n) is 19.8. The number of piperidine rings is 1. The van der Waals surface area contributed by atoms with Crippen LogP contribution in [0.25, 0.3) is 11.3 Å². The number of likely N-dealkylation sites (tertiary alicyclic amines) is 1. The third-order valence-corrected chi connectivity index (χ3v) is 6.55. The number of carbonyl (C=O) groups excluding carboxylic acids is 2. The molecule has 3 rings (SSSR count). The molecule has 2 amide bonds. The van der Waals surface area contributed by atoms with E-state index in [4.69, 9.17) is 9.47 Å². The Morgan fingerprint density at radius 2 is 2.12 bits per heavy atom. The zero-order valence-corrected chi connectivity index (χ0v) is 20.7. The maximum Gasteiger partial charge on any atom is 0.240 e. The van der Waals surface area contributed by atoms with Crippen LogP contribution in [0.3, 0.4) is 0 Å². The molecule has 0 radical (unpaired) electrons. The molecular formula is C24H34N4O4S. The molecule has 1 aliphatic heterocycles. The summed E-state index contributed by atoms with van der Waals surface area (Å²) in [4.78, 5) is 31.8. The Hall–Kier alpha value is -2.65. The van der Waals surface area contributed by atoms with Gasteiger partial charge >= 0.3 is 0 Å². The van der Waals surface area contributed by atoms with Crippen LogP contribution in [0.2, 0.25) is 0 Å². The summed E-state index contributed by atoms with van der Waals surface area (Å²) in [7, 11) is 3.21. The van der Waals surface area contributed by atoms with E-state index in [1.165, 1.54) is 11.3 Å². The van der Waals surface area contributed by atoms with E-state index in [1.54, 1.807) is 20.3 Å². The molecule has 9 heteroatoms. The van der Waals surface area contributed by atoms with Crippen LogP contribution in [0.4, 0.5) is 5.13 Å². The van der Waals surface area contributed by atoms with Crippen molar-refractivity contribution in [1.82, 2.24) is 15.2 Å². The minimum atomic E-state index is -0.127. The van der Waals surface area contributed by atoms with E-state index in [1.807, 2.05) is 24.4 Å².